The standard InChI is InChI=1S/C15H23F2N3O/c1-15(2,20-6-8-21-9-7-20)13(19-18)10-11-4-3-5-12(16)14(11)17/h3-5,13,19H,6-10,18H2,1-2H3. The van der Waals surface area contributed by atoms with E-state index in [-0.39, 0.29) is 11.6 Å². The molecule has 1 aromatic carbocycles. The third-order valence-electron chi connectivity index (χ3n) is 4.34. The van der Waals surface area contributed by atoms with Crippen molar-refractivity contribution in [1.82, 2.24) is 10.3 Å². The number of halogens is 2. The van der Waals surface area contributed by atoms with Crippen LogP contribution in [0.25, 0.3) is 0 Å². The highest BCUT2D eigenvalue weighted by Crippen LogP contribution is 2.24. The zero-order chi connectivity index (χ0) is 15.5. The molecule has 0 aromatic heterocycles. The third kappa shape index (κ3) is 3.58. The fraction of sp³-hybridized carbons (Fsp3) is 0.600. The minimum atomic E-state index is -0.826. The highest BCUT2D eigenvalue weighted by Gasteiger charge is 2.36. The number of nitrogens with two attached hydrogens (primary N) is 1. The van der Waals surface area contributed by atoms with Crippen molar-refractivity contribution in [1.29, 1.82) is 0 Å². The molecule has 1 aliphatic heterocycles. The number of benzene rings is 1. The van der Waals surface area contributed by atoms with Gasteiger partial charge in [0.2, 0.25) is 0 Å². The largest absolute Gasteiger partial charge is 0.379 e. The van der Waals surface area contributed by atoms with Gasteiger partial charge in [0.25, 0.3) is 0 Å². The summed E-state index contributed by atoms with van der Waals surface area (Å²) in [7, 11) is 0. The van der Waals surface area contributed by atoms with E-state index in [1.807, 2.05) is 0 Å². The van der Waals surface area contributed by atoms with Gasteiger partial charge in [0.1, 0.15) is 0 Å². The summed E-state index contributed by atoms with van der Waals surface area (Å²) in [4.78, 5) is 2.26. The van der Waals surface area contributed by atoms with Crippen LogP contribution in [0.5, 0.6) is 0 Å². The molecule has 1 fully saturated rings. The maximum atomic E-state index is 13.9. The predicted octanol–water partition coefficient (Wildman–Crippen LogP) is 1.45. The Morgan fingerprint density at radius 1 is 1.33 bits per heavy atom. The van der Waals surface area contributed by atoms with Gasteiger partial charge in [-0.15, -0.1) is 0 Å². The predicted molar refractivity (Wildman–Crippen MR) is 77.6 cm³/mol. The van der Waals surface area contributed by atoms with Crippen LogP contribution in [-0.4, -0.2) is 42.8 Å². The number of hydrogen-bond donors (Lipinski definition) is 2. The van der Waals surface area contributed by atoms with Gasteiger partial charge >= 0.3 is 0 Å². The third-order valence-corrected chi connectivity index (χ3v) is 4.34. The summed E-state index contributed by atoms with van der Waals surface area (Å²) in [6.45, 7) is 7.07. The summed E-state index contributed by atoms with van der Waals surface area (Å²) < 4.78 is 32.5. The average Bonchev–Trinajstić information content (AvgIpc) is 2.49. The van der Waals surface area contributed by atoms with E-state index in [2.05, 4.69) is 24.2 Å². The molecule has 0 saturated carbocycles. The first kappa shape index (κ1) is 16.3. The highest BCUT2D eigenvalue weighted by atomic mass is 19.2. The van der Waals surface area contributed by atoms with Crippen LogP contribution < -0.4 is 11.3 Å². The monoisotopic (exact) mass is 299 g/mol. The molecular formula is C15H23F2N3O. The molecule has 1 aromatic rings. The Hall–Kier alpha value is -1.08. The highest BCUT2D eigenvalue weighted by molar-refractivity contribution is 5.21. The lowest BCUT2D eigenvalue weighted by Gasteiger charge is -2.45. The number of nitrogens with zero attached hydrogens (tertiary/aromatic N) is 1. The molecule has 1 unspecified atom stereocenters. The van der Waals surface area contributed by atoms with Crippen LogP contribution in [0.4, 0.5) is 8.78 Å². The minimum Gasteiger partial charge on any atom is -0.379 e. The van der Waals surface area contributed by atoms with E-state index in [1.165, 1.54) is 6.07 Å². The Morgan fingerprint density at radius 2 is 2.00 bits per heavy atom. The lowest BCUT2D eigenvalue weighted by Crippen LogP contribution is -2.62. The second-order valence-corrected chi connectivity index (χ2v) is 5.89. The Balaban J connectivity index is 2.16. The zero-order valence-corrected chi connectivity index (χ0v) is 12.5. The summed E-state index contributed by atoms with van der Waals surface area (Å²) in [6.07, 6.45) is 0.324. The number of nitrogens with one attached hydrogen (secondary N) is 1. The second-order valence-electron chi connectivity index (χ2n) is 5.89. The van der Waals surface area contributed by atoms with Crippen molar-refractivity contribution in [3.05, 3.63) is 35.4 Å². The van der Waals surface area contributed by atoms with Crippen LogP contribution in [0, 0.1) is 11.6 Å². The summed E-state index contributed by atoms with van der Waals surface area (Å²) >= 11 is 0. The van der Waals surface area contributed by atoms with Crippen molar-refractivity contribution in [2.24, 2.45) is 5.84 Å². The fourth-order valence-electron chi connectivity index (χ4n) is 2.80. The van der Waals surface area contributed by atoms with E-state index in [4.69, 9.17) is 10.6 Å². The van der Waals surface area contributed by atoms with Crippen LogP contribution in [0.15, 0.2) is 18.2 Å². The molecule has 6 heteroatoms. The molecule has 0 radical (unpaired) electrons. The quantitative estimate of drug-likeness (QED) is 0.638. The molecule has 2 rings (SSSR count). The SMILES string of the molecule is CC(C)(C(Cc1cccc(F)c1F)NN)N1CCOCC1. The number of morpholine rings is 1. The summed E-state index contributed by atoms with van der Waals surface area (Å²) in [5, 5.41) is 0. The van der Waals surface area contributed by atoms with E-state index in [9.17, 15) is 8.78 Å². The number of ether oxygens (including phenoxy) is 1. The normalized spacial score (nSPS) is 18.7. The lowest BCUT2D eigenvalue weighted by molar-refractivity contribution is -0.0233. The van der Waals surface area contributed by atoms with Gasteiger partial charge in [-0.3, -0.25) is 16.2 Å². The van der Waals surface area contributed by atoms with Gasteiger partial charge in [-0.2, -0.15) is 0 Å². The van der Waals surface area contributed by atoms with Crippen molar-refractivity contribution in [2.75, 3.05) is 26.3 Å². The molecule has 0 spiro atoms. The molecule has 0 bridgehead atoms. The minimum absolute atomic E-state index is 0.202. The van der Waals surface area contributed by atoms with Crippen LogP contribution in [-0.2, 0) is 11.2 Å². The van der Waals surface area contributed by atoms with E-state index < -0.39 is 11.6 Å². The van der Waals surface area contributed by atoms with Gasteiger partial charge < -0.3 is 4.74 Å². The molecule has 21 heavy (non-hydrogen) atoms. The van der Waals surface area contributed by atoms with Gasteiger partial charge in [-0.1, -0.05) is 12.1 Å². The van der Waals surface area contributed by atoms with E-state index in [0.717, 1.165) is 19.2 Å². The van der Waals surface area contributed by atoms with Crippen molar-refractivity contribution < 1.29 is 13.5 Å². The van der Waals surface area contributed by atoms with Crippen molar-refractivity contribution >= 4 is 0 Å². The molecule has 118 valence electrons. The topological polar surface area (TPSA) is 50.5 Å². The van der Waals surface area contributed by atoms with Crippen molar-refractivity contribution in [2.45, 2.75) is 31.8 Å². The number of rotatable bonds is 5. The van der Waals surface area contributed by atoms with Crippen LogP contribution in [0.2, 0.25) is 0 Å². The Morgan fingerprint density at radius 3 is 2.62 bits per heavy atom. The Labute approximate surface area is 124 Å². The fourth-order valence-corrected chi connectivity index (χ4v) is 2.80. The van der Waals surface area contributed by atoms with Crippen LogP contribution >= 0.6 is 0 Å². The van der Waals surface area contributed by atoms with Gasteiger partial charge in [0.05, 0.1) is 13.2 Å². The first-order valence-corrected chi connectivity index (χ1v) is 7.18. The average molecular weight is 299 g/mol. The summed E-state index contributed by atoms with van der Waals surface area (Å²) in [5.41, 5.74) is 2.80. The van der Waals surface area contributed by atoms with Gasteiger partial charge in [0, 0.05) is 24.7 Å². The van der Waals surface area contributed by atoms with E-state index >= 15 is 0 Å². The molecule has 1 saturated heterocycles. The van der Waals surface area contributed by atoms with Crippen molar-refractivity contribution in [3.63, 3.8) is 0 Å². The molecule has 0 amide bonds. The Kier molecular flexibility index (Phi) is 5.27. The second kappa shape index (κ2) is 6.79. The van der Waals surface area contributed by atoms with E-state index in [0.29, 0.717) is 25.2 Å². The van der Waals surface area contributed by atoms with Crippen molar-refractivity contribution in [3.8, 4) is 0 Å². The molecule has 0 aliphatic carbocycles. The van der Waals surface area contributed by atoms with Gasteiger partial charge in [-0.05, 0) is 31.9 Å². The number of hydrogen-bond acceptors (Lipinski definition) is 4. The van der Waals surface area contributed by atoms with Crippen LogP contribution in [0.1, 0.15) is 19.4 Å². The van der Waals surface area contributed by atoms with E-state index in [1.54, 1.807) is 6.07 Å². The first-order valence-electron chi connectivity index (χ1n) is 7.18. The maximum absolute atomic E-state index is 13.9. The lowest BCUT2D eigenvalue weighted by atomic mass is 9.87. The summed E-state index contributed by atoms with van der Waals surface area (Å²) in [6, 6.07) is 4.03. The Bertz CT molecular complexity index is 476. The van der Waals surface area contributed by atoms with Crippen LogP contribution in [0.3, 0.4) is 0 Å². The molecule has 3 N–H and O–H groups in total. The maximum Gasteiger partial charge on any atom is 0.162 e. The smallest absolute Gasteiger partial charge is 0.162 e. The zero-order valence-electron chi connectivity index (χ0n) is 12.5. The summed E-state index contributed by atoms with van der Waals surface area (Å²) in [5.74, 6) is 4.06. The molecular weight excluding hydrogens is 276 g/mol. The van der Waals surface area contributed by atoms with Gasteiger partial charge in [-0.25, -0.2) is 8.78 Å². The molecule has 1 aliphatic rings. The first-order chi connectivity index (χ1) is 9.96. The molecule has 4 nitrogen and oxygen atoms in total. The molecule has 1 heterocycles. The molecule has 1 atom stereocenters. The van der Waals surface area contributed by atoms with Gasteiger partial charge in [0.15, 0.2) is 11.6 Å². The number of hydrazine groups is 1.